The molecule has 2 aromatic rings. The topological polar surface area (TPSA) is 98.8 Å². The summed E-state index contributed by atoms with van der Waals surface area (Å²) in [5, 5.41) is 5.49. The molecule has 1 unspecified atom stereocenters. The van der Waals surface area contributed by atoms with Crippen molar-refractivity contribution < 1.29 is 19.2 Å². The molecule has 2 saturated heterocycles. The van der Waals surface area contributed by atoms with Crippen LogP contribution < -0.4 is 15.5 Å². The highest BCUT2D eigenvalue weighted by atomic mass is 16.2. The van der Waals surface area contributed by atoms with E-state index in [2.05, 4.69) is 10.6 Å². The van der Waals surface area contributed by atoms with Crippen LogP contribution in [-0.2, 0) is 20.8 Å². The standard InChI is InChI=1S/C24H26N4O4/c1-24(14-13-17-8-3-2-4-9-17)22(31)28(23(32)26-24)16-20(29)25-18-10-5-6-11-19(18)27-15-7-12-21(27)30/h2-6,8-11H,7,12-16H2,1H3,(H,25,29)(H,26,32). The summed E-state index contributed by atoms with van der Waals surface area (Å²) in [6, 6.07) is 16.2. The predicted octanol–water partition coefficient (Wildman–Crippen LogP) is 2.70. The van der Waals surface area contributed by atoms with E-state index in [1.54, 1.807) is 36.1 Å². The van der Waals surface area contributed by atoms with Gasteiger partial charge >= 0.3 is 6.03 Å². The average molecular weight is 434 g/mol. The first-order valence-electron chi connectivity index (χ1n) is 10.7. The molecule has 2 fully saturated rings. The van der Waals surface area contributed by atoms with Crippen molar-refractivity contribution in [2.24, 2.45) is 0 Å². The van der Waals surface area contributed by atoms with E-state index in [9.17, 15) is 19.2 Å². The smallest absolute Gasteiger partial charge is 0.323 e. The Hall–Kier alpha value is -3.68. The van der Waals surface area contributed by atoms with Gasteiger partial charge in [0.05, 0.1) is 11.4 Å². The third-order valence-corrected chi connectivity index (χ3v) is 5.95. The molecule has 8 heteroatoms. The van der Waals surface area contributed by atoms with Gasteiger partial charge in [-0.2, -0.15) is 0 Å². The number of anilines is 2. The van der Waals surface area contributed by atoms with E-state index in [0.717, 1.165) is 16.9 Å². The minimum absolute atomic E-state index is 0.00924. The Balaban J connectivity index is 1.41. The van der Waals surface area contributed by atoms with Gasteiger partial charge in [-0.25, -0.2) is 4.79 Å². The molecule has 0 radical (unpaired) electrons. The van der Waals surface area contributed by atoms with Crippen LogP contribution in [-0.4, -0.2) is 47.3 Å². The summed E-state index contributed by atoms with van der Waals surface area (Å²) in [4.78, 5) is 52.9. The van der Waals surface area contributed by atoms with E-state index < -0.39 is 29.9 Å². The maximum Gasteiger partial charge on any atom is 0.325 e. The molecule has 0 aromatic heterocycles. The fourth-order valence-electron chi connectivity index (χ4n) is 4.15. The van der Waals surface area contributed by atoms with Gasteiger partial charge in [0.25, 0.3) is 5.91 Å². The molecule has 0 bridgehead atoms. The summed E-state index contributed by atoms with van der Waals surface area (Å²) < 4.78 is 0. The summed E-state index contributed by atoms with van der Waals surface area (Å²) in [5.74, 6) is -0.911. The summed E-state index contributed by atoms with van der Waals surface area (Å²) in [6.07, 6.45) is 2.30. The fraction of sp³-hybridized carbons (Fsp3) is 0.333. The van der Waals surface area contributed by atoms with Gasteiger partial charge in [0, 0.05) is 13.0 Å². The lowest BCUT2D eigenvalue weighted by atomic mass is 9.93. The lowest BCUT2D eigenvalue weighted by Crippen LogP contribution is -2.45. The quantitative estimate of drug-likeness (QED) is 0.655. The zero-order chi connectivity index (χ0) is 22.7. The lowest BCUT2D eigenvalue weighted by molar-refractivity contribution is -0.133. The number of hydrogen-bond acceptors (Lipinski definition) is 4. The number of carbonyl (C=O) groups excluding carboxylic acids is 4. The minimum Gasteiger partial charge on any atom is -0.323 e. The van der Waals surface area contributed by atoms with Gasteiger partial charge < -0.3 is 15.5 Å². The molecular weight excluding hydrogens is 408 g/mol. The van der Waals surface area contributed by atoms with Crippen molar-refractivity contribution in [3.05, 3.63) is 60.2 Å². The number of aryl methyl sites for hydroxylation is 1. The van der Waals surface area contributed by atoms with Crippen LogP contribution in [0.5, 0.6) is 0 Å². The Labute approximate surface area is 186 Å². The highest BCUT2D eigenvalue weighted by molar-refractivity contribution is 6.10. The van der Waals surface area contributed by atoms with E-state index in [1.165, 1.54) is 0 Å². The second-order valence-corrected chi connectivity index (χ2v) is 8.35. The van der Waals surface area contributed by atoms with E-state index >= 15 is 0 Å². The molecule has 4 rings (SSSR count). The molecule has 1 atom stereocenters. The van der Waals surface area contributed by atoms with Crippen LogP contribution in [0.1, 0.15) is 31.7 Å². The van der Waals surface area contributed by atoms with Gasteiger partial charge in [-0.1, -0.05) is 42.5 Å². The van der Waals surface area contributed by atoms with Crippen LogP contribution in [0.2, 0.25) is 0 Å². The monoisotopic (exact) mass is 434 g/mol. The van der Waals surface area contributed by atoms with Crippen LogP contribution in [0.3, 0.4) is 0 Å². The van der Waals surface area contributed by atoms with Crippen molar-refractivity contribution >= 4 is 35.1 Å². The van der Waals surface area contributed by atoms with Crippen molar-refractivity contribution in [1.29, 1.82) is 0 Å². The zero-order valence-corrected chi connectivity index (χ0v) is 18.0. The van der Waals surface area contributed by atoms with E-state index in [-0.39, 0.29) is 5.91 Å². The molecule has 32 heavy (non-hydrogen) atoms. The molecule has 2 aliphatic rings. The Morgan fingerprint density at radius 3 is 2.50 bits per heavy atom. The van der Waals surface area contributed by atoms with Gasteiger partial charge in [-0.15, -0.1) is 0 Å². The van der Waals surface area contributed by atoms with Crippen molar-refractivity contribution in [3.8, 4) is 0 Å². The normalized spacial score (nSPS) is 20.6. The first-order valence-corrected chi connectivity index (χ1v) is 10.7. The molecule has 2 N–H and O–H groups in total. The lowest BCUT2D eigenvalue weighted by Gasteiger charge is -2.22. The van der Waals surface area contributed by atoms with Gasteiger partial charge in [0.1, 0.15) is 12.1 Å². The van der Waals surface area contributed by atoms with E-state index in [0.29, 0.717) is 37.2 Å². The van der Waals surface area contributed by atoms with Crippen molar-refractivity contribution in [3.63, 3.8) is 0 Å². The number of benzene rings is 2. The van der Waals surface area contributed by atoms with Crippen LogP contribution in [0.25, 0.3) is 0 Å². The third-order valence-electron chi connectivity index (χ3n) is 5.95. The van der Waals surface area contributed by atoms with Gasteiger partial charge in [-0.3, -0.25) is 19.3 Å². The Bertz CT molecular complexity index is 1050. The van der Waals surface area contributed by atoms with Crippen LogP contribution in [0.4, 0.5) is 16.2 Å². The highest BCUT2D eigenvalue weighted by Gasteiger charge is 2.47. The highest BCUT2D eigenvalue weighted by Crippen LogP contribution is 2.29. The summed E-state index contributed by atoms with van der Waals surface area (Å²) in [5.41, 5.74) is 1.10. The first-order chi connectivity index (χ1) is 15.4. The van der Waals surface area contributed by atoms with E-state index in [4.69, 9.17) is 0 Å². The molecule has 0 spiro atoms. The number of nitrogens with one attached hydrogen (secondary N) is 2. The predicted molar refractivity (Wildman–Crippen MR) is 120 cm³/mol. The summed E-state index contributed by atoms with van der Waals surface area (Å²) >= 11 is 0. The van der Waals surface area contributed by atoms with Crippen LogP contribution in [0, 0.1) is 0 Å². The number of amides is 5. The molecule has 2 aliphatic heterocycles. The number of urea groups is 1. The Morgan fingerprint density at radius 1 is 1.06 bits per heavy atom. The maximum atomic E-state index is 13.0. The molecule has 0 aliphatic carbocycles. The summed E-state index contributed by atoms with van der Waals surface area (Å²) in [7, 11) is 0. The fourth-order valence-corrected chi connectivity index (χ4v) is 4.15. The molecule has 2 heterocycles. The molecule has 0 saturated carbocycles. The van der Waals surface area contributed by atoms with Crippen LogP contribution in [0.15, 0.2) is 54.6 Å². The Morgan fingerprint density at radius 2 is 1.78 bits per heavy atom. The number of carbonyl (C=O) groups is 4. The zero-order valence-electron chi connectivity index (χ0n) is 18.0. The van der Waals surface area contributed by atoms with Gasteiger partial charge in [0.15, 0.2) is 0 Å². The first kappa shape index (κ1) is 21.5. The molecule has 2 aromatic carbocycles. The molecule has 166 valence electrons. The van der Waals surface area contributed by atoms with Gasteiger partial charge in [0.2, 0.25) is 11.8 Å². The van der Waals surface area contributed by atoms with Gasteiger partial charge in [-0.05, 0) is 43.9 Å². The average Bonchev–Trinajstić information content (AvgIpc) is 3.30. The number of nitrogens with zero attached hydrogens (tertiary/aromatic N) is 2. The maximum absolute atomic E-state index is 13.0. The second kappa shape index (κ2) is 8.82. The number of rotatable bonds is 7. The van der Waals surface area contributed by atoms with Crippen LogP contribution >= 0.6 is 0 Å². The second-order valence-electron chi connectivity index (χ2n) is 8.35. The largest absolute Gasteiger partial charge is 0.325 e. The SMILES string of the molecule is CC1(CCc2ccccc2)NC(=O)N(CC(=O)Nc2ccccc2N2CCCC2=O)C1=O. The number of imide groups is 1. The molecule has 5 amide bonds. The summed E-state index contributed by atoms with van der Waals surface area (Å²) in [6.45, 7) is 1.88. The third kappa shape index (κ3) is 4.34. The minimum atomic E-state index is -1.06. The molecule has 8 nitrogen and oxygen atoms in total. The number of para-hydroxylation sites is 2. The van der Waals surface area contributed by atoms with Crippen molar-refractivity contribution in [1.82, 2.24) is 10.2 Å². The Kier molecular flexibility index (Phi) is 5.94. The van der Waals surface area contributed by atoms with E-state index in [1.807, 2.05) is 30.3 Å². The van der Waals surface area contributed by atoms with Crippen molar-refractivity contribution in [2.45, 2.75) is 38.1 Å². The number of hydrogen-bond donors (Lipinski definition) is 2. The molecular formula is C24H26N4O4. The van der Waals surface area contributed by atoms with Crippen molar-refractivity contribution in [2.75, 3.05) is 23.3 Å².